The third kappa shape index (κ3) is 5.00. The van der Waals surface area contributed by atoms with Crippen LogP contribution in [0.4, 0.5) is 0 Å². The molecule has 0 atom stereocenters. The highest BCUT2D eigenvalue weighted by atomic mass is 35.5. The van der Waals surface area contributed by atoms with Gasteiger partial charge in [-0.1, -0.05) is 35.0 Å². The van der Waals surface area contributed by atoms with Gasteiger partial charge in [0.05, 0.1) is 18.2 Å². The molecule has 0 fully saturated rings. The molecule has 6 nitrogen and oxygen atoms in total. The van der Waals surface area contributed by atoms with Crippen molar-refractivity contribution >= 4 is 35.0 Å². The average molecular weight is 425 g/mol. The summed E-state index contributed by atoms with van der Waals surface area (Å²) in [5.41, 5.74) is 0.675. The molecule has 0 aliphatic heterocycles. The second kappa shape index (κ2) is 9.21. The van der Waals surface area contributed by atoms with Crippen LogP contribution in [0.15, 0.2) is 47.6 Å². The fourth-order valence-corrected chi connectivity index (χ4v) is 3.49. The summed E-state index contributed by atoms with van der Waals surface area (Å²) in [5, 5.41) is 9.84. The number of benzene rings is 2. The molecule has 1 heterocycles. The van der Waals surface area contributed by atoms with E-state index in [1.165, 1.54) is 16.4 Å². The first-order valence-corrected chi connectivity index (χ1v) is 9.97. The number of aromatic nitrogens is 3. The van der Waals surface area contributed by atoms with E-state index < -0.39 is 0 Å². The summed E-state index contributed by atoms with van der Waals surface area (Å²) in [6.45, 7) is 3.09. The van der Waals surface area contributed by atoms with Crippen molar-refractivity contribution < 1.29 is 9.47 Å². The van der Waals surface area contributed by atoms with Gasteiger partial charge in [0.1, 0.15) is 11.5 Å². The molecule has 0 bridgehead atoms. The first kappa shape index (κ1) is 19.7. The van der Waals surface area contributed by atoms with Gasteiger partial charge in [-0.25, -0.2) is 4.68 Å². The van der Waals surface area contributed by atoms with Gasteiger partial charge in [0.2, 0.25) is 5.16 Å². The van der Waals surface area contributed by atoms with Gasteiger partial charge in [0.15, 0.2) is 5.82 Å². The van der Waals surface area contributed by atoms with Crippen molar-refractivity contribution in [1.29, 1.82) is 0 Å². The predicted octanol–water partition coefficient (Wildman–Crippen LogP) is 4.54. The van der Waals surface area contributed by atoms with E-state index in [1.807, 2.05) is 31.2 Å². The second-order valence-corrected chi connectivity index (χ2v) is 7.31. The maximum atomic E-state index is 6.21. The van der Waals surface area contributed by atoms with Crippen LogP contribution in [-0.2, 0) is 0 Å². The van der Waals surface area contributed by atoms with E-state index >= 15 is 0 Å². The Kier molecular flexibility index (Phi) is 6.71. The van der Waals surface area contributed by atoms with Gasteiger partial charge in [-0.2, -0.15) is 0 Å². The summed E-state index contributed by atoms with van der Waals surface area (Å²) in [5.74, 6) is 8.85. The van der Waals surface area contributed by atoms with Crippen LogP contribution in [-0.4, -0.2) is 33.8 Å². The number of nitrogens with two attached hydrogens (primary N) is 1. The van der Waals surface area contributed by atoms with E-state index in [4.69, 9.17) is 38.5 Å². The highest BCUT2D eigenvalue weighted by Crippen LogP contribution is 2.30. The molecule has 2 N–H and O–H groups in total. The van der Waals surface area contributed by atoms with E-state index in [0.29, 0.717) is 45.6 Å². The van der Waals surface area contributed by atoms with Crippen LogP contribution >= 0.6 is 35.0 Å². The van der Waals surface area contributed by atoms with Crippen molar-refractivity contribution in [1.82, 2.24) is 14.9 Å². The number of halogens is 2. The quantitative estimate of drug-likeness (QED) is 0.325. The van der Waals surface area contributed by atoms with Crippen molar-refractivity contribution in [3.05, 3.63) is 52.5 Å². The Morgan fingerprint density at radius 1 is 1.04 bits per heavy atom. The summed E-state index contributed by atoms with van der Waals surface area (Å²) in [6, 6.07) is 12.7. The second-order valence-electron chi connectivity index (χ2n) is 5.40. The van der Waals surface area contributed by atoms with E-state index in [0.717, 1.165) is 11.5 Å². The van der Waals surface area contributed by atoms with Gasteiger partial charge in [0, 0.05) is 16.3 Å². The first-order valence-electron chi connectivity index (χ1n) is 8.23. The third-order valence-electron chi connectivity index (χ3n) is 3.55. The topological polar surface area (TPSA) is 75.2 Å². The number of thioether (sulfide) groups is 1. The van der Waals surface area contributed by atoms with Crippen molar-refractivity contribution in [3.8, 4) is 22.9 Å². The lowest BCUT2D eigenvalue weighted by Crippen LogP contribution is -2.12. The molecule has 9 heteroatoms. The summed E-state index contributed by atoms with van der Waals surface area (Å²) in [6.07, 6.45) is 0. The maximum absolute atomic E-state index is 6.21. The zero-order valence-corrected chi connectivity index (χ0v) is 16.9. The van der Waals surface area contributed by atoms with E-state index in [2.05, 4.69) is 10.2 Å². The molecule has 2 aromatic carbocycles. The SMILES string of the molecule is CCOc1ccc(OCCSc2nnc(-c3ccc(Cl)cc3Cl)n2N)cc1. The largest absolute Gasteiger partial charge is 0.494 e. The third-order valence-corrected chi connectivity index (χ3v) is 5.01. The maximum Gasteiger partial charge on any atom is 0.210 e. The molecule has 142 valence electrons. The summed E-state index contributed by atoms with van der Waals surface area (Å²) in [4.78, 5) is 0. The average Bonchev–Trinajstić information content (AvgIpc) is 3.01. The summed E-state index contributed by atoms with van der Waals surface area (Å²) in [7, 11) is 0. The van der Waals surface area contributed by atoms with Crippen molar-refractivity contribution in [3.63, 3.8) is 0 Å². The van der Waals surface area contributed by atoms with Gasteiger partial charge >= 0.3 is 0 Å². The molecule has 3 aromatic rings. The Balaban J connectivity index is 1.55. The van der Waals surface area contributed by atoms with Gasteiger partial charge in [-0.3, -0.25) is 0 Å². The Morgan fingerprint density at radius 3 is 2.41 bits per heavy atom. The molecule has 3 rings (SSSR count). The zero-order valence-electron chi connectivity index (χ0n) is 14.6. The Morgan fingerprint density at radius 2 is 1.74 bits per heavy atom. The highest BCUT2D eigenvalue weighted by molar-refractivity contribution is 7.99. The van der Waals surface area contributed by atoms with Crippen LogP contribution in [0.1, 0.15) is 6.92 Å². The molecule has 0 amide bonds. The normalized spacial score (nSPS) is 10.8. The number of hydrogen-bond acceptors (Lipinski definition) is 6. The van der Waals surface area contributed by atoms with Gasteiger partial charge in [0.25, 0.3) is 0 Å². The molecule has 0 saturated carbocycles. The standard InChI is InChI=1S/C18H18Cl2N4O2S/c1-2-25-13-4-6-14(7-5-13)26-9-10-27-18-23-22-17(24(18)21)15-8-3-12(19)11-16(15)20/h3-8,11H,2,9-10,21H2,1H3. The van der Waals surface area contributed by atoms with E-state index in [1.54, 1.807) is 18.2 Å². The number of hydrogen-bond donors (Lipinski definition) is 1. The lowest BCUT2D eigenvalue weighted by Gasteiger charge is -2.08. The molecular formula is C18H18Cl2N4O2S. The zero-order chi connectivity index (χ0) is 19.2. The molecule has 0 unspecified atom stereocenters. The van der Waals surface area contributed by atoms with E-state index in [-0.39, 0.29) is 0 Å². The van der Waals surface area contributed by atoms with Gasteiger partial charge in [-0.05, 0) is 49.4 Å². The molecule has 1 aromatic heterocycles. The molecular weight excluding hydrogens is 407 g/mol. The molecule has 27 heavy (non-hydrogen) atoms. The molecule has 0 aliphatic rings. The van der Waals surface area contributed by atoms with Crippen molar-refractivity contribution in [2.24, 2.45) is 0 Å². The minimum absolute atomic E-state index is 0.469. The van der Waals surface area contributed by atoms with Gasteiger partial charge in [-0.15, -0.1) is 10.2 Å². The Bertz CT molecular complexity index is 903. The lowest BCUT2D eigenvalue weighted by molar-refractivity contribution is 0.332. The van der Waals surface area contributed by atoms with Crippen LogP contribution in [0, 0.1) is 0 Å². The number of rotatable bonds is 8. The molecule has 0 saturated heterocycles. The van der Waals surface area contributed by atoms with Crippen molar-refractivity contribution in [2.75, 3.05) is 24.8 Å². The minimum atomic E-state index is 0.469. The molecule has 0 aliphatic carbocycles. The number of ether oxygens (including phenoxy) is 2. The number of nitrogen functional groups attached to an aromatic ring is 1. The smallest absolute Gasteiger partial charge is 0.210 e. The Hall–Kier alpha value is -2.09. The van der Waals surface area contributed by atoms with E-state index in [9.17, 15) is 0 Å². The van der Waals surface area contributed by atoms with Crippen LogP contribution < -0.4 is 15.3 Å². The van der Waals surface area contributed by atoms with Crippen molar-refractivity contribution in [2.45, 2.75) is 12.1 Å². The fourth-order valence-electron chi connectivity index (χ4n) is 2.32. The summed E-state index contributed by atoms with van der Waals surface area (Å²) < 4.78 is 12.5. The monoisotopic (exact) mass is 424 g/mol. The lowest BCUT2D eigenvalue weighted by atomic mass is 10.2. The first-order chi connectivity index (χ1) is 13.1. The fraction of sp³-hybridized carbons (Fsp3) is 0.222. The van der Waals surface area contributed by atoms with Crippen LogP contribution in [0.25, 0.3) is 11.4 Å². The summed E-state index contributed by atoms with van der Waals surface area (Å²) >= 11 is 13.6. The van der Waals surface area contributed by atoms with Crippen LogP contribution in [0.2, 0.25) is 10.0 Å². The highest BCUT2D eigenvalue weighted by Gasteiger charge is 2.15. The molecule has 0 radical (unpaired) electrons. The Labute approximate surface area is 171 Å². The van der Waals surface area contributed by atoms with Crippen LogP contribution in [0.3, 0.4) is 0 Å². The molecule has 0 spiro atoms. The van der Waals surface area contributed by atoms with Gasteiger partial charge < -0.3 is 15.3 Å². The predicted molar refractivity (Wildman–Crippen MR) is 109 cm³/mol. The minimum Gasteiger partial charge on any atom is -0.494 e. The number of nitrogens with zero attached hydrogens (tertiary/aromatic N) is 3. The van der Waals surface area contributed by atoms with Crippen LogP contribution in [0.5, 0.6) is 11.5 Å².